The summed E-state index contributed by atoms with van der Waals surface area (Å²) in [6.07, 6.45) is 0. The van der Waals surface area contributed by atoms with Crippen LogP contribution in [0.2, 0.25) is 0 Å². The smallest absolute Gasteiger partial charge is 0.332 e. The molecule has 19 heavy (non-hydrogen) atoms. The topological polar surface area (TPSA) is 99.1 Å². The fourth-order valence-electron chi connectivity index (χ4n) is 2.13. The molecule has 0 saturated carbocycles. The van der Waals surface area contributed by atoms with Gasteiger partial charge >= 0.3 is 11.7 Å². The van der Waals surface area contributed by atoms with E-state index in [1.807, 2.05) is 0 Å². The van der Waals surface area contributed by atoms with Crippen molar-refractivity contribution in [1.82, 2.24) is 18.7 Å². The van der Waals surface area contributed by atoms with E-state index in [2.05, 4.69) is 4.98 Å². The molecule has 1 unspecified atom stereocenters. The van der Waals surface area contributed by atoms with E-state index in [1.165, 1.54) is 30.2 Å². The van der Waals surface area contributed by atoms with E-state index in [1.54, 1.807) is 6.92 Å². The number of hydrogen-bond donors (Lipinski definition) is 1. The van der Waals surface area contributed by atoms with Gasteiger partial charge in [0.25, 0.3) is 5.56 Å². The molecule has 0 amide bonds. The molecule has 0 spiro atoms. The number of carbonyl (C=O) groups is 1. The van der Waals surface area contributed by atoms with Crippen molar-refractivity contribution in [2.24, 2.45) is 14.1 Å². The van der Waals surface area contributed by atoms with Gasteiger partial charge < -0.3 is 5.11 Å². The van der Waals surface area contributed by atoms with Crippen molar-refractivity contribution in [3.8, 4) is 0 Å². The number of carboxylic acid groups (broad SMARTS) is 1. The van der Waals surface area contributed by atoms with E-state index in [9.17, 15) is 14.4 Å². The molecule has 8 heteroatoms. The number of aromatic nitrogens is 4. The zero-order valence-electron chi connectivity index (χ0n) is 11.0. The van der Waals surface area contributed by atoms with Gasteiger partial charge in [0.15, 0.2) is 11.2 Å². The van der Waals surface area contributed by atoms with E-state index in [0.717, 1.165) is 4.57 Å². The predicted molar refractivity (Wildman–Crippen MR) is 67.3 cm³/mol. The lowest BCUT2D eigenvalue weighted by atomic mass is 10.3. The molecule has 8 nitrogen and oxygen atoms in total. The number of aryl methyl sites for hydroxylation is 2. The van der Waals surface area contributed by atoms with Crippen LogP contribution in [0.25, 0.3) is 11.2 Å². The highest BCUT2D eigenvalue weighted by atomic mass is 16.4. The van der Waals surface area contributed by atoms with Gasteiger partial charge in [-0.3, -0.25) is 18.5 Å². The minimum atomic E-state index is -1.06. The summed E-state index contributed by atoms with van der Waals surface area (Å²) < 4.78 is 3.56. The van der Waals surface area contributed by atoms with Crippen LogP contribution in [0.1, 0.15) is 18.8 Å². The lowest BCUT2D eigenvalue weighted by Gasteiger charge is -2.13. The number of fused-ring (bicyclic) bond motifs is 1. The summed E-state index contributed by atoms with van der Waals surface area (Å²) in [5, 5.41) is 9.10. The summed E-state index contributed by atoms with van der Waals surface area (Å²) in [6.45, 7) is 3.07. The van der Waals surface area contributed by atoms with Gasteiger partial charge in [-0.05, 0) is 13.8 Å². The fraction of sp³-hybridized carbons (Fsp3) is 0.455. The second-order valence-electron chi connectivity index (χ2n) is 4.42. The second kappa shape index (κ2) is 4.08. The molecule has 0 saturated heterocycles. The molecule has 2 aromatic heterocycles. The minimum Gasteiger partial charge on any atom is -0.480 e. The molecule has 2 heterocycles. The van der Waals surface area contributed by atoms with Crippen LogP contribution in [0.15, 0.2) is 9.59 Å². The fourth-order valence-corrected chi connectivity index (χ4v) is 2.13. The summed E-state index contributed by atoms with van der Waals surface area (Å²) in [4.78, 5) is 39.1. The Balaban J connectivity index is 3.04. The Morgan fingerprint density at radius 1 is 1.26 bits per heavy atom. The van der Waals surface area contributed by atoms with E-state index >= 15 is 0 Å². The lowest BCUT2D eigenvalue weighted by Crippen LogP contribution is -2.37. The predicted octanol–water partition coefficient (Wildman–Crippen LogP) is -0.612. The third kappa shape index (κ3) is 1.67. The van der Waals surface area contributed by atoms with Crippen molar-refractivity contribution in [2.75, 3.05) is 0 Å². The molecule has 0 aliphatic carbocycles. The Labute approximate surface area is 107 Å². The molecular weight excluding hydrogens is 252 g/mol. The van der Waals surface area contributed by atoms with Gasteiger partial charge in [-0.25, -0.2) is 14.6 Å². The Bertz CT molecular complexity index is 796. The van der Waals surface area contributed by atoms with Crippen LogP contribution >= 0.6 is 0 Å². The molecule has 1 atom stereocenters. The SMILES string of the molecule is Cc1nc2c(=O)n(C)c(=O)n(C)c2n1C(C)C(=O)O. The average Bonchev–Trinajstić information content (AvgIpc) is 2.70. The van der Waals surface area contributed by atoms with Crippen molar-refractivity contribution in [2.45, 2.75) is 19.9 Å². The molecule has 0 aromatic carbocycles. The van der Waals surface area contributed by atoms with Crippen LogP contribution in [0.3, 0.4) is 0 Å². The molecular formula is C11H14N4O4. The summed E-state index contributed by atoms with van der Waals surface area (Å²) in [5.74, 6) is -0.682. The zero-order valence-corrected chi connectivity index (χ0v) is 11.0. The quantitative estimate of drug-likeness (QED) is 0.781. The van der Waals surface area contributed by atoms with E-state index < -0.39 is 23.3 Å². The van der Waals surface area contributed by atoms with Crippen molar-refractivity contribution in [1.29, 1.82) is 0 Å². The Morgan fingerprint density at radius 2 is 1.84 bits per heavy atom. The molecule has 102 valence electrons. The van der Waals surface area contributed by atoms with Gasteiger partial charge in [-0.2, -0.15) is 0 Å². The van der Waals surface area contributed by atoms with Crippen molar-refractivity contribution >= 4 is 17.1 Å². The first kappa shape index (κ1) is 13.1. The first-order valence-corrected chi connectivity index (χ1v) is 5.64. The van der Waals surface area contributed by atoms with Crippen molar-refractivity contribution in [3.05, 3.63) is 26.7 Å². The van der Waals surface area contributed by atoms with Gasteiger partial charge in [0.05, 0.1) is 0 Å². The molecule has 0 radical (unpaired) electrons. The van der Waals surface area contributed by atoms with Crippen LogP contribution in [0, 0.1) is 6.92 Å². The number of rotatable bonds is 2. The number of aliphatic carboxylic acids is 1. The number of nitrogens with zero attached hydrogens (tertiary/aromatic N) is 4. The number of hydrogen-bond acceptors (Lipinski definition) is 4. The van der Waals surface area contributed by atoms with Gasteiger partial charge in [0.1, 0.15) is 11.9 Å². The van der Waals surface area contributed by atoms with Crippen molar-refractivity contribution in [3.63, 3.8) is 0 Å². The van der Waals surface area contributed by atoms with Gasteiger partial charge in [-0.15, -0.1) is 0 Å². The Morgan fingerprint density at radius 3 is 2.37 bits per heavy atom. The lowest BCUT2D eigenvalue weighted by molar-refractivity contribution is -0.140. The molecule has 0 fully saturated rings. The normalized spacial score (nSPS) is 12.8. The van der Waals surface area contributed by atoms with Crippen LogP contribution in [0.5, 0.6) is 0 Å². The molecule has 0 aliphatic rings. The van der Waals surface area contributed by atoms with Crippen LogP contribution in [0.4, 0.5) is 0 Å². The monoisotopic (exact) mass is 266 g/mol. The van der Waals surface area contributed by atoms with E-state index in [-0.39, 0.29) is 11.2 Å². The maximum atomic E-state index is 12.0. The standard InChI is InChI=1S/C11H14N4O4/c1-5(10(17)18)15-6(2)12-7-8(15)13(3)11(19)14(4)9(7)16/h5H,1-4H3,(H,17,18). The molecule has 0 bridgehead atoms. The third-order valence-electron chi connectivity index (χ3n) is 3.21. The molecule has 1 N–H and O–H groups in total. The number of imidazole rings is 1. The summed E-state index contributed by atoms with van der Waals surface area (Å²) >= 11 is 0. The van der Waals surface area contributed by atoms with Crippen molar-refractivity contribution < 1.29 is 9.90 Å². The van der Waals surface area contributed by atoms with Crippen LogP contribution in [-0.2, 0) is 18.9 Å². The van der Waals surface area contributed by atoms with Crippen LogP contribution < -0.4 is 11.2 Å². The maximum absolute atomic E-state index is 12.0. The summed E-state index contributed by atoms with van der Waals surface area (Å²) in [5.41, 5.74) is -0.732. The van der Waals surface area contributed by atoms with Gasteiger partial charge in [0, 0.05) is 14.1 Å². The van der Waals surface area contributed by atoms with Gasteiger partial charge in [-0.1, -0.05) is 0 Å². The largest absolute Gasteiger partial charge is 0.480 e. The minimum absolute atomic E-state index is 0.0928. The third-order valence-corrected chi connectivity index (χ3v) is 3.21. The van der Waals surface area contributed by atoms with Gasteiger partial charge in [0.2, 0.25) is 0 Å². The average molecular weight is 266 g/mol. The first-order valence-electron chi connectivity index (χ1n) is 5.64. The zero-order chi connectivity index (χ0) is 14.5. The molecule has 0 aliphatic heterocycles. The highest BCUT2D eigenvalue weighted by molar-refractivity contribution is 5.77. The Hall–Kier alpha value is -2.38. The summed E-state index contributed by atoms with van der Waals surface area (Å²) in [6, 6.07) is -0.914. The number of carboxylic acids is 1. The van der Waals surface area contributed by atoms with E-state index in [0.29, 0.717) is 5.82 Å². The van der Waals surface area contributed by atoms with E-state index in [4.69, 9.17) is 5.11 Å². The molecule has 2 aromatic rings. The first-order chi connectivity index (χ1) is 8.77. The Kier molecular flexibility index (Phi) is 2.80. The maximum Gasteiger partial charge on any atom is 0.332 e. The second-order valence-corrected chi connectivity index (χ2v) is 4.42. The molecule has 2 rings (SSSR count). The highest BCUT2D eigenvalue weighted by Gasteiger charge is 2.23. The summed E-state index contributed by atoms with van der Waals surface area (Å²) in [7, 11) is 2.84. The highest BCUT2D eigenvalue weighted by Crippen LogP contribution is 2.17. The van der Waals surface area contributed by atoms with Crippen LogP contribution in [-0.4, -0.2) is 29.8 Å².